The largest absolute Gasteiger partial charge is 0.497 e. The molecule has 0 atom stereocenters. The molecule has 22 heavy (non-hydrogen) atoms. The van der Waals surface area contributed by atoms with Gasteiger partial charge in [0.05, 0.1) is 12.5 Å². The second-order valence-electron chi connectivity index (χ2n) is 5.01. The van der Waals surface area contributed by atoms with Crippen molar-refractivity contribution in [2.24, 2.45) is 0 Å². The van der Waals surface area contributed by atoms with Gasteiger partial charge in [0.2, 0.25) is 0 Å². The molecule has 0 aliphatic heterocycles. The maximum absolute atomic E-state index is 5.70. The summed E-state index contributed by atoms with van der Waals surface area (Å²) in [5, 5.41) is 0.882. The first-order chi connectivity index (χ1) is 10.7. The van der Waals surface area contributed by atoms with Crippen LogP contribution in [-0.4, -0.2) is 29.1 Å². The number of methoxy groups -OCH3 is 1. The Kier molecular flexibility index (Phi) is 3.74. The van der Waals surface area contributed by atoms with Crippen LogP contribution in [0.2, 0.25) is 0 Å². The van der Waals surface area contributed by atoms with Crippen LogP contribution in [0.3, 0.4) is 0 Å². The average Bonchev–Trinajstić information content (AvgIpc) is 2.54. The number of nitrogens with zero attached hydrogens (tertiary/aromatic N) is 4. The zero-order valence-corrected chi connectivity index (χ0v) is 12.5. The number of pyridine rings is 1. The number of hydrogen-bond donors (Lipinski definition) is 1. The zero-order chi connectivity index (χ0) is 15.5. The van der Waals surface area contributed by atoms with Crippen LogP contribution >= 0.6 is 0 Å². The highest BCUT2D eigenvalue weighted by molar-refractivity contribution is 5.87. The number of rotatable bonds is 4. The lowest BCUT2D eigenvalue weighted by atomic mass is 10.2. The summed E-state index contributed by atoms with van der Waals surface area (Å²) in [5.74, 6) is 2.13. The van der Waals surface area contributed by atoms with E-state index >= 15 is 0 Å². The molecule has 0 aliphatic rings. The molecule has 1 aromatic carbocycles. The monoisotopic (exact) mass is 295 g/mol. The highest BCUT2D eigenvalue weighted by Crippen LogP contribution is 2.23. The summed E-state index contributed by atoms with van der Waals surface area (Å²) in [7, 11) is 3.65. The maximum Gasteiger partial charge on any atom is 0.166 e. The maximum atomic E-state index is 5.70. The van der Waals surface area contributed by atoms with Crippen molar-refractivity contribution in [3.63, 3.8) is 0 Å². The van der Waals surface area contributed by atoms with Crippen LogP contribution in [0.1, 0.15) is 5.56 Å². The average molecular weight is 295 g/mol. The van der Waals surface area contributed by atoms with Gasteiger partial charge in [0.15, 0.2) is 5.65 Å². The minimum atomic E-state index is 0.454. The van der Waals surface area contributed by atoms with E-state index in [0.717, 1.165) is 23.5 Å². The van der Waals surface area contributed by atoms with Crippen molar-refractivity contribution in [3.05, 3.63) is 48.3 Å². The fraction of sp³-hybridized carbons (Fsp3) is 0.188. The van der Waals surface area contributed by atoms with Gasteiger partial charge in [-0.1, -0.05) is 12.1 Å². The van der Waals surface area contributed by atoms with E-state index in [2.05, 4.69) is 19.9 Å². The molecule has 3 aromatic rings. The minimum absolute atomic E-state index is 0.454. The first-order valence-electron chi connectivity index (χ1n) is 6.88. The SMILES string of the molecule is COc1ccc(CN(C)c2ncnc3nc(N)ccc23)cc1. The molecule has 0 unspecified atom stereocenters. The van der Waals surface area contributed by atoms with Crippen LogP contribution in [0.25, 0.3) is 11.0 Å². The van der Waals surface area contributed by atoms with E-state index in [-0.39, 0.29) is 0 Å². The van der Waals surface area contributed by atoms with Gasteiger partial charge in [-0.05, 0) is 29.8 Å². The molecule has 2 N–H and O–H groups in total. The fourth-order valence-electron chi connectivity index (χ4n) is 2.33. The van der Waals surface area contributed by atoms with Crippen LogP contribution in [0.4, 0.5) is 11.6 Å². The highest BCUT2D eigenvalue weighted by atomic mass is 16.5. The van der Waals surface area contributed by atoms with Crippen LogP contribution in [0, 0.1) is 0 Å². The third kappa shape index (κ3) is 2.76. The molecule has 3 rings (SSSR count). The van der Waals surface area contributed by atoms with Crippen LogP contribution in [-0.2, 0) is 6.54 Å². The van der Waals surface area contributed by atoms with Crippen molar-refractivity contribution in [1.29, 1.82) is 0 Å². The molecule has 6 heteroatoms. The molecular weight excluding hydrogens is 278 g/mol. The fourth-order valence-corrected chi connectivity index (χ4v) is 2.33. The van der Waals surface area contributed by atoms with Gasteiger partial charge in [-0.2, -0.15) is 0 Å². The molecule has 0 spiro atoms. The summed E-state index contributed by atoms with van der Waals surface area (Å²) < 4.78 is 5.17. The number of aromatic nitrogens is 3. The lowest BCUT2D eigenvalue weighted by molar-refractivity contribution is 0.414. The van der Waals surface area contributed by atoms with Gasteiger partial charge in [-0.15, -0.1) is 0 Å². The van der Waals surface area contributed by atoms with Crippen LogP contribution in [0.15, 0.2) is 42.7 Å². The summed E-state index contributed by atoms with van der Waals surface area (Å²) in [4.78, 5) is 14.8. The quantitative estimate of drug-likeness (QED) is 0.795. The molecule has 112 valence electrons. The van der Waals surface area contributed by atoms with E-state index in [4.69, 9.17) is 10.5 Å². The third-order valence-corrected chi connectivity index (χ3v) is 3.44. The van der Waals surface area contributed by atoms with Gasteiger partial charge in [-0.25, -0.2) is 15.0 Å². The van der Waals surface area contributed by atoms with Crippen LogP contribution in [0.5, 0.6) is 5.75 Å². The lowest BCUT2D eigenvalue weighted by Gasteiger charge is -2.19. The van der Waals surface area contributed by atoms with Gasteiger partial charge in [0, 0.05) is 13.6 Å². The number of nitrogen functional groups attached to an aromatic ring is 1. The molecule has 0 radical (unpaired) electrons. The number of anilines is 2. The Labute approximate surface area is 128 Å². The van der Waals surface area contributed by atoms with Crippen molar-refractivity contribution < 1.29 is 4.74 Å². The van der Waals surface area contributed by atoms with Gasteiger partial charge >= 0.3 is 0 Å². The zero-order valence-electron chi connectivity index (χ0n) is 12.5. The Balaban J connectivity index is 1.89. The predicted molar refractivity (Wildman–Crippen MR) is 86.8 cm³/mol. The van der Waals surface area contributed by atoms with E-state index in [1.54, 1.807) is 13.2 Å². The number of fused-ring (bicyclic) bond motifs is 1. The first kappa shape index (κ1) is 14.1. The summed E-state index contributed by atoms with van der Waals surface area (Å²) in [5.41, 5.74) is 7.47. The van der Waals surface area contributed by atoms with Gasteiger partial charge in [0.25, 0.3) is 0 Å². The van der Waals surface area contributed by atoms with E-state index in [1.807, 2.05) is 37.4 Å². The van der Waals surface area contributed by atoms with Gasteiger partial charge in [0.1, 0.15) is 23.7 Å². The van der Waals surface area contributed by atoms with Crippen molar-refractivity contribution in [2.45, 2.75) is 6.54 Å². The number of nitrogens with two attached hydrogens (primary N) is 1. The summed E-state index contributed by atoms with van der Waals surface area (Å²) in [6.45, 7) is 0.723. The smallest absolute Gasteiger partial charge is 0.166 e. The Hall–Kier alpha value is -2.89. The molecule has 0 fully saturated rings. The Morgan fingerprint density at radius 2 is 1.86 bits per heavy atom. The number of benzene rings is 1. The normalized spacial score (nSPS) is 10.6. The summed E-state index contributed by atoms with van der Waals surface area (Å²) in [6.07, 6.45) is 1.51. The number of hydrogen-bond acceptors (Lipinski definition) is 6. The second-order valence-corrected chi connectivity index (χ2v) is 5.01. The van der Waals surface area contributed by atoms with Gasteiger partial charge < -0.3 is 15.4 Å². The molecule has 0 saturated heterocycles. The molecular formula is C16H17N5O. The molecule has 0 aliphatic carbocycles. The summed E-state index contributed by atoms with van der Waals surface area (Å²) >= 11 is 0. The topological polar surface area (TPSA) is 77.2 Å². The third-order valence-electron chi connectivity index (χ3n) is 3.44. The second kappa shape index (κ2) is 5.85. The highest BCUT2D eigenvalue weighted by Gasteiger charge is 2.10. The van der Waals surface area contributed by atoms with E-state index in [9.17, 15) is 0 Å². The van der Waals surface area contributed by atoms with Crippen LogP contribution < -0.4 is 15.4 Å². The van der Waals surface area contributed by atoms with E-state index < -0.39 is 0 Å². The summed E-state index contributed by atoms with van der Waals surface area (Å²) in [6, 6.07) is 11.6. The Bertz CT molecular complexity index is 788. The van der Waals surface area contributed by atoms with Crippen molar-refractivity contribution in [3.8, 4) is 5.75 Å². The minimum Gasteiger partial charge on any atom is -0.497 e. The molecule has 0 saturated carbocycles. The van der Waals surface area contributed by atoms with Crippen molar-refractivity contribution >= 4 is 22.7 Å². The van der Waals surface area contributed by atoms with Crippen molar-refractivity contribution in [2.75, 3.05) is 24.8 Å². The molecule has 2 heterocycles. The first-order valence-corrected chi connectivity index (χ1v) is 6.88. The van der Waals surface area contributed by atoms with E-state index in [1.165, 1.54) is 11.9 Å². The van der Waals surface area contributed by atoms with E-state index in [0.29, 0.717) is 11.5 Å². The predicted octanol–water partition coefficient (Wildman–Crippen LogP) is 2.25. The van der Waals surface area contributed by atoms with Crippen molar-refractivity contribution in [1.82, 2.24) is 15.0 Å². The molecule has 6 nitrogen and oxygen atoms in total. The standard InChI is InChI=1S/C16H17N5O/c1-21(9-11-3-5-12(22-2)6-4-11)16-13-7-8-14(17)20-15(13)18-10-19-16/h3-8,10H,9H2,1-2H3,(H2,17,18,19,20). The molecule has 0 amide bonds. The number of ether oxygens (including phenoxy) is 1. The lowest BCUT2D eigenvalue weighted by Crippen LogP contribution is -2.18. The Morgan fingerprint density at radius 3 is 2.59 bits per heavy atom. The van der Waals surface area contributed by atoms with Gasteiger partial charge in [-0.3, -0.25) is 0 Å². The molecule has 0 bridgehead atoms. The Morgan fingerprint density at radius 1 is 1.09 bits per heavy atom. The molecule has 2 aromatic heterocycles.